The number of carbonyl (C=O) groups is 2. The van der Waals surface area contributed by atoms with Gasteiger partial charge < -0.3 is 24.8 Å². The molecule has 4 aliphatic rings. The number of nitrogens with one attached hydrogen (secondary N) is 2. The van der Waals surface area contributed by atoms with E-state index in [1.807, 2.05) is 0 Å². The monoisotopic (exact) mass is 498 g/mol. The molecule has 7 nitrogen and oxygen atoms in total. The van der Waals surface area contributed by atoms with Gasteiger partial charge in [0.25, 0.3) is 11.8 Å². The minimum Gasteiger partial charge on any atom is -0.485 e. The number of carbonyl (C=O) groups excluding carboxylic acids is 2. The Hall–Kier alpha value is -2.78. The third-order valence-corrected chi connectivity index (χ3v) is 6.74. The molecule has 3 aliphatic carbocycles. The minimum absolute atomic E-state index is 0.0378. The van der Waals surface area contributed by atoms with Crippen LogP contribution in [0, 0.1) is 11.6 Å². The summed E-state index contributed by atoms with van der Waals surface area (Å²) < 4.78 is 42.7. The number of amides is 2. The largest absolute Gasteiger partial charge is 0.485 e. The van der Waals surface area contributed by atoms with E-state index >= 15 is 0 Å². The molecule has 2 bridgehead atoms. The van der Waals surface area contributed by atoms with Crippen LogP contribution in [-0.4, -0.2) is 42.2 Å². The van der Waals surface area contributed by atoms with Crippen molar-refractivity contribution in [2.24, 2.45) is 0 Å². The molecule has 0 aromatic heterocycles. The number of halogens is 4. The third-order valence-electron chi connectivity index (χ3n) is 6.02. The lowest BCUT2D eigenvalue weighted by Crippen LogP contribution is -2.84. The van der Waals surface area contributed by atoms with Crippen LogP contribution >= 0.6 is 23.2 Å². The molecule has 3 fully saturated rings. The zero-order chi connectivity index (χ0) is 23.4. The van der Waals surface area contributed by atoms with E-state index in [-0.39, 0.29) is 30.8 Å². The zero-order valence-electron chi connectivity index (χ0n) is 17.1. The number of rotatable bonds is 6. The van der Waals surface area contributed by atoms with Crippen LogP contribution in [0.15, 0.2) is 30.3 Å². The Kier molecular flexibility index (Phi) is 5.29. The van der Waals surface area contributed by atoms with Crippen molar-refractivity contribution in [3.05, 3.63) is 52.0 Å². The van der Waals surface area contributed by atoms with Gasteiger partial charge >= 0.3 is 0 Å². The quantitative estimate of drug-likeness (QED) is 0.637. The van der Waals surface area contributed by atoms with Crippen LogP contribution in [0.3, 0.4) is 0 Å². The number of benzene rings is 2. The van der Waals surface area contributed by atoms with E-state index < -0.39 is 28.8 Å². The fraction of sp³-hybridized carbons (Fsp3) is 0.364. The molecule has 2 N–H and O–H groups in total. The van der Waals surface area contributed by atoms with Gasteiger partial charge in [-0.25, -0.2) is 8.78 Å². The molecule has 2 amide bonds. The van der Waals surface area contributed by atoms with Crippen molar-refractivity contribution in [3.63, 3.8) is 0 Å². The van der Waals surface area contributed by atoms with Gasteiger partial charge in [-0.2, -0.15) is 0 Å². The first kappa shape index (κ1) is 22.0. The maximum atomic E-state index is 13.2. The van der Waals surface area contributed by atoms with Crippen LogP contribution < -0.4 is 24.8 Å². The number of hydrogen-bond acceptors (Lipinski definition) is 5. The summed E-state index contributed by atoms with van der Waals surface area (Å²) in [6, 6.07) is 6.10. The molecular formula is C22H18Cl2F2N2O5. The summed E-state index contributed by atoms with van der Waals surface area (Å²) in [5.41, 5.74) is -0.796. The maximum Gasteiger partial charge on any atom is 0.265 e. The second-order valence-corrected chi connectivity index (χ2v) is 9.44. The first-order valence-electron chi connectivity index (χ1n) is 10.2. The molecule has 2 aromatic rings. The smallest absolute Gasteiger partial charge is 0.265 e. The molecule has 1 atom stereocenters. The van der Waals surface area contributed by atoms with Crippen molar-refractivity contribution in [2.45, 2.75) is 36.4 Å². The van der Waals surface area contributed by atoms with Crippen LogP contribution in [0.5, 0.6) is 17.2 Å². The predicted octanol–water partition coefficient (Wildman–Crippen LogP) is 3.40. The van der Waals surface area contributed by atoms with Crippen molar-refractivity contribution < 1.29 is 32.6 Å². The molecule has 33 heavy (non-hydrogen) atoms. The molecule has 6 rings (SSSR count). The van der Waals surface area contributed by atoms with Gasteiger partial charge in [-0.05, 0) is 31.4 Å². The van der Waals surface area contributed by atoms with Crippen molar-refractivity contribution in [3.8, 4) is 17.2 Å². The van der Waals surface area contributed by atoms with Crippen LogP contribution in [0.4, 0.5) is 8.78 Å². The van der Waals surface area contributed by atoms with Gasteiger partial charge in [0.1, 0.15) is 12.4 Å². The topological polar surface area (TPSA) is 85.9 Å². The molecular weight excluding hydrogens is 481 g/mol. The van der Waals surface area contributed by atoms with E-state index in [1.54, 1.807) is 0 Å². The number of ether oxygens (including phenoxy) is 3. The van der Waals surface area contributed by atoms with Crippen molar-refractivity contribution in [1.82, 2.24) is 10.6 Å². The van der Waals surface area contributed by atoms with Crippen molar-refractivity contribution >= 4 is 35.0 Å². The molecule has 1 aliphatic heterocycles. The number of hydrogen-bond donors (Lipinski definition) is 2. The minimum atomic E-state index is -1.05. The standard InChI is InChI=1S/C22H18Cl2F2N2O5/c23-12-4-16-17(5-13(12)24)33-18(6-32-16)20(30)28-22-8-21(9-22,10-22)27-19(29)7-31-11-1-2-14(25)15(26)3-11/h1-5,18H,6-10H2,(H,27,29)(H,28,30). The molecule has 1 heterocycles. The average molecular weight is 499 g/mol. The molecule has 0 saturated heterocycles. The van der Waals surface area contributed by atoms with E-state index in [0.29, 0.717) is 40.8 Å². The van der Waals surface area contributed by atoms with E-state index in [4.69, 9.17) is 37.4 Å². The predicted molar refractivity (Wildman–Crippen MR) is 114 cm³/mol. The summed E-state index contributed by atoms with van der Waals surface area (Å²) in [4.78, 5) is 24.9. The van der Waals surface area contributed by atoms with Gasteiger partial charge in [0, 0.05) is 29.3 Å². The summed E-state index contributed by atoms with van der Waals surface area (Å²) in [7, 11) is 0. The Morgan fingerprint density at radius 3 is 2.36 bits per heavy atom. The lowest BCUT2D eigenvalue weighted by molar-refractivity contribution is -0.155. The molecule has 0 spiro atoms. The summed E-state index contributed by atoms with van der Waals surface area (Å²) in [6.45, 7) is -0.290. The Morgan fingerprint density at radius 1 is 1.00 bits per heavy atom. The highest BCUT2D eigenvalue weighted by atomic mass is 35.5. The van der Waals surface area contributed by atoms with E-state index in [9.17, 15) is 18.4 Å². The Bertz CT molecular complexity index is 1140. The Morgan fingerprint density at radius 2 is 1.67 bits per heavy atom. The van der Waals surface area contributed by atoms with E-state index in [1.165, 1.54) is 18.2 Å². The molecule has 1 unspecified atom stereocenters. The summed E-state index contributed by atoms with van der Waals surface area (Å²) >= 11 is 12.0. The van der Waals surface area contributed by atoms with Gasteiger partial charge in [-0.1, -0.05) is 23.2 Å². The normalized spacial score (nSPS) is 26.5. The van der Waals surface area contributed by atoms with E-state index in [0.717, 1.165) is 12.1 Å². The van der Waals surface area contributed by atoms with Gasteiger partial charge in [0.2, 0.25) is 6.10 Å². The highest BCUT2D eigenvalue weighted by Crippen LogP contribution is 2.60. The van der Waals surface area contributed by atoms with Gasteiger partial charge in [-0.15, -0.1) is 0 Å². The summed E-state index contributed by atoms with van der Waals surface area (Å²) in [5, 5.41) is 6.51. The van der Waals surface area contributed by atoms with Gasteiger partial charge in [-0.3, -0.25) is 9.59 Å². The van der Waals surface area contributed by atoms with Gasteiger partial charge in [0.15, 0.2) is 29.7 Å². The average Bonchev–Trinajstić information content (AvgIpc) is 2.72. The first-order chi connectivity index (χ1) is 15.7. The van der Waals surface area contributed by atoms with E-state index in [2.05, 4.69) is 10.6 Å². The zero-order valence-corrected chi connectivity index (χ0v) is 18.6. The molecule has 2 aromatic carbocycles. The van der Waals surface area contributed by atoms with Gasteiger partial charge in [0.05, 0.1) is 10.0 Å². The molecule has 174 valence electrons. The van der Waals surface area contributed by atoms with Crippen LogP contribution in [0.2, 0.25) is 10.0 Å². The molecule has 0 radical (unpaired) electrons. The first-order valence-corrected chi connectivity index (χ1v) is 10.9. The SMILES string of the molecule is O=C(COc1ccc(F)c(F)c1)NC12CC(NC(=O)C3COc4cc(Cl)c(Cl)cc4O3)(C1)C2. The second kappa shape index (κ2) is 7.92. The molecule has 3 saturated carbocycles. The van der Waals surface area contributed by atoms with Crippen LogP contribution in [0.25, 0.3) is 0 Å². The number of fused-ring (bicyclic) bond motifs is 1. The van der Waals surface area contributed by atoms with Crippen LogP contribution in [-0.2, 0) is 9.59 Å². The summed E-state index contributed by atoms with van der Waals surface area (Å²) in [5.74, 6) is -1.90. The lowest BCUT2D eigenvalue weighted by Gasteiger charge is -2.70. The fourth-order valence-corrected chi connectivity index (χ4v) is 4.95. The maximum absolute atomic E-state index is 13.2. The van der Waals surface area contributed by atoms with Crippen LogP contribution in [0.1, 0.15) is 19.3 Å². The third kappa shape index (κ3) is 4.15. The Labute approximate surface area is 197 Å². The lowest BCUT2D eigenvalue weighted by atomic mass is 9.44. The summed E-state index contributed by atoms with van der Waals surface area (Å²) in [6.07, 6.45) is 0.898. The molecule has 11 heteroatoms. The van der Waals surface area contributed by atoms with Crippen molar-refractivity contribution in [1.29, 1.82) is 0 Å². The fourth-order valence-electron chi connectivity index (χ4n) is 4.64. The highest BCUT2D eigenvalue weighted by Gasteiger charge is 2.69. The highest BCUT2D eigenvalue weighted by molar-refractivity contribution is 6.42. The van der Waals surface area contributed by atoms with Crippen molar-refractivity contribution in [2.75, 3.05) is 13.2 Å². The Balaban J connectivity index is 1.09. The second-order valence-electron chi connectivity index (χ2n) is 8.62.